The Bertz CT molecular complexity index is 850. The van der Waals surface area contributed by atoms with Crippen molar-refractivity contribution in [3.63, 3.8) is 0 Å². The first-order valence-corrected chi connectivity index (χ1v) is 10.2. The van der Waals surface area contributed by atoms with Crippen LogP contribution in [0.15, 0.2) is 46.6 Å². The van der Waals surface area contributed by atoms with Gasteiger partial charge in [-0.25, -0.2) is 4.79 Å². The zero-order chi connectivity index (χ0) is 21.9. The van der Waals surface area contributed by atoms with Crippen molar-refractivity contribution in [3.05, 3.63) is 42.0 Å². The molecule has 2 aromatic carbocycles. The van der Waals surface area contributed by atoms with E-state index in [1.807, 2.05) is 0 Å². The smallest absolute Gasteiger partial charge is 0.338 e. The second-order valence-electron chi connectivity index (χ2n) is 7.03. The molecule has 0 saturated heterocycles. The van der Waals surface area contributed by atoms with Crippen LogP contribution < -0.4 is 15.2 Å². The molecule has 0 spiro atoms. The van der Waals surface area contributed by atoms with Gasteiger partial charge in [0.1, 0.15) is 17.2 Å². The highest BCUT2D eigenvalue weighted by atomic mass is 16.5. The zero-order valence-corrected chi connectivity index (χ0v) is 18.2. The molecule has 0 aliphatic rings. The van der Waals surface area contributed by atoms with Crippen LogP contribution >= 0.6 is 0 Å². The fourth-order valence-electron chi connectivity index (χ4n) is 2.93. The summed E-state index contributed by atoms with van der Waals surface area (Å²) in [5.41, 5.74) is 7.92. The lowest BCUT2D eigenvalue weighted by atomic mass is 10.0. The normalized spacial score (nSPS) is 12.0. The van der Waals surface area contributed by atoms with E-state index < -0.39 is 0 Å². The Labute approximate surface area is 178 Å². The summed E-state index contributed by atoms with van der Waals surface area (Å²) in [6.07, 6.45) is 4.39. The Hall–Kier alpha value is -3.09. The molecule has 0 aromatic heterocycles. The number of anilines is 1. The van der Waals surface area contributed by atoms with Crippen molar-refractivity contribution in [2.75, 3.05) is 26.6 Å². The first kappa shape index (κ1) is 23.2. The van der Waals surface area contributed by atoms with Crippen LogP contribution in [0.25, 0.3) is 0 Å². The average Bonchev–Trinajstić information content (AvgIpc) is 2.78. The van der Waals surface area contributed by atoms with Crippen molar-refractivity contribution in [1.82, 2.24) is 0 Å². The van der Waals surface area contributed by atoms with Crippen LogP contribution in [-0.4, -0.2) is 26.8 Å². The number of rotatable bonds is 11. The van der Waals surface area contributed by atoms with Gasteiger partial charge in [0.05, 0.1) is 37.8 Å². The number of ether oxygens (including phenoxy) is 3. The largest absolute Gasteiger partial charge is 0.495 e. The standard InChI is InChI=1S/C23H31N3O4/c1-5-7-8-16(6-2)15-30-23(27)17-9-11-18(12-10-17)25-26-20-14-21(28-3)19(24)13-22(20)29-4/h9-14,16H,5-8,15,24H2,1-4H3. The molecule has 0 radical (unpaired) electrons. The number of unbranched alkanes of at least 4 members (excludes halogenated alkanes) is 1. The van der Waals surface area contributed by atoms with E-state index in [4.69, 9.17) is 19.9 Å². The number of esters is 1. The van der Waals surface area contributed by atoms with E-state index in [-0.39, 0.29) is 5.97 Å². The summed E-state index contributed by atoms with van der Waals surface area (Å²) in [5.74, 6) is 1.07. The molecule has 0 aliphatic carbocycles. The molecule has 0 amide bonds. The second kappa shape index (κ2) is 11.8. The van der Waals surface area contributed by atoms with Crippen molar-refractivity contribution in [3.8, 4) is 11.5 Å². The monoisotopic (exact) mass is 413 g/mol. The van der Waals surface area contributed by atoms with E-state index in [0.717, 1.165) is 25.7 Å². The van der Waals surface area contributed by atoms with Gasteiger partial charge in [0.2, 0.25) is 0 Å². The minimum atomic E-state index is -0.321. The summed E-state index contributed by atoms with van der Waals surface area (Å²) in [7, 11) is 3.06. The number of methoxy groups -OCH3 is 2. The number of hydrogen-bond donors (Lipinski definition) is 1. The third-order valence-corrected chi connectivity index (χ3v) is 4.90. The molecule has 0 fully saturated rings. The summed E-state index contributed by atoms with van der Waals surface area (Å²) in [4.78, 5) is 12.3. The quantitative estimate of drug-likeness (QED) is 0.274. The van der Waals surface area contributed by atoms with Crippen molar-refractivity contribution in [2.45, 2.75) is 39.5 Å². The fraction of sp³-hybridized carbons (Fsp3) is 0.435. The van der Waals surface area contributed by atoms with Crippen LogP contribution in [0, 0.1) is 5.92 Å². The third-order valence-electron chi connectivity index (χ3n) is 4.90. The minimum absolute atomic E-state index is 0.321. The zero-order valence-electron chi connectivity index (χ0n) is 18.2. The number of carbonyl (C=O) groups excluding carboxylic acids is 1. The molecule has 30 heavy (non-hydrogen) atoms. The first-order chi connectivity index (χ1) is 14.5. The van der Waals surface area contributed by atoms with Gasteiger partial charge in [-0.1, -0.05) is 33.1 Å². The molecule has 1 unspecified atom stereocenters. The number of azo groups is 1. The molecule has 2 rings (SSSR count). The second-order valence-corrected chi connectivity index (χ2v) is 7.03. The molecule has 0 aliphatic heterocycles. The SMILES string of the molecule is CCCCC(CC)COC(=O)c1ccc(N=Nc2cc(OC)c(N)cc2OC)cc1. The maximum atomic E-state index is 12.3. The van der Waals surface area contributed by atoms with Crippen LogP contribution in [0.2, 0.25) is 0 Å². The van der Waals surface area contributed by atoms with Crippen molar-refractivity contribution < 1.29 is 19.0 Å². The first-order valence-electron chi connectivity index (χ1n) is 10.2. The Morgan fingerprint density at radius 2 is 1.73 bits per heavy atom. The van der Waals surface area contributed by atoms with Crippen molar-refractivity contribution >= 4 is 23.0 Å². The van der Waals surface area contributed by atoms with E-state index in [1.165, 1.54) is 14.2 Å². The van der Waals surface area contributed by atoms with Crippen LogP contribution in [0.5, 0.6) is 11.5 Å². The summed E-state index contributed by atoms with van der Waals surface area (Å²) >= 11 is 0. The molecule has 7 heteroatoms. The van der Waals surface area contributed by atoms with Crippen LogP contribution in [0.4, 0.5) is 17.1 Å². The Morgan fingerprint density at radius 1 is 1.03 bits per heavy atom. The lowest BCUT2D eigenvalue weighted by Gasteiger charge is -2.14. The lowest BCUT2D eigenvalue weighted by molar-refractivity contribution is 0.0428. The van der Waals surface area contributed by atoms with Crippen molar-refractivity contribution in [1.29, 1.82) is 0 Å². The molecule has 1 atom stereocenters. The summed E-state index contributed by atoms with van der Waals surface area (Å²) in [5, 5.41) is 8.43. The molecule has 162 valence electrons. The minimum Gasteiger partial charge on any atom is -0.495 e. The summed E-state index contributed by atoms with van der Waals surface area (Å²) in [6.45, 7) is 4.74. The van der Waals surface area contributed by atoms with E-state index in [9.17, 15) is 4.79 Å². The van der Waals surface area contributed by atoms with E-state index in [0.29, 0.717) is 46.6 Å². The van der Waals surface area contributed by atoms with Gasteiger partial charge < -0.3 is 19.9 Å². The van der Waals surface area contributed by atoms with E-state index in [1.54, 1.807) is 36.4 Å². The molecule has 0 saturated carbocycles. The van der Waals surface area contributed by atoms with E-state index >= 15 is 0 Å². The number of nitrogens with two attached hydrogens (primary N) is 1. The van der Waals surface area contributed by atoms with Gasteiger partial charge in [0, 0.05) is 12.1 Å². The Balaban J connectivity index is 2.03. The highest BCUT2D eigenvalue weighted by Gasteiger charge is 2.12. The number of benzene rings is 2. The van der Waals surface area contributed by atoms with Gasteiger partial charge in [-0.3, -0.25) is 0 Å². The maximum absolute atomic E-state index is 12.3. The third kappa shape index (κ3) is 6.47. The highest BCUT2D eigenvalue weighted by Crippen LogP contribution is 2.37. The molecular formula is C23H31N3O4. The van der Waals surface area contributed by atoms with E-state index in [2.05, 4.69) is 24.1 Å². The number of nitrogens with zero attached hydrogens (tertiary/aromatic N) is 2. The predicted octanol–water partition coefficient (Wildman–Crippen LogP) is 6.07. The average molecular weight is 414 g/mol. The Morgan fingerprint density at radius 3 is 2.33 bits per heavy atom. The predicted molar refractivity (Wildman–Crippen MR) is 118 cm³/mol. The number of nitrogen functional groups attached to an aromatic ring is 1. The van der Waals surface area contributed by atoms with Crippen LogP contribution in [0.1, 0.15) is 49.9 Å². The molecule has 0 heterocycles. The summed E-state index contributed by atoms with van der Waals surface area (Å²) in [6, 6.07) is 10.1. The summed E-state index contributed by atoms with van der Waals surface area (Å²) < 4.78 is 16.0. The van der Waals surface area contributed by atoms with Gasteiger partial charge in [0.15, 0.2) is 0 Å². The number of hydrogen-bond acceptors (Lipinski definition) is 7. The van der Waals surface area contributed by atoms with Gasteiger partial charge in [-0.15, -0.1) is 5.11 Å². The topological polar surface area (TPSA) is 95.5 Å². The molecule has 2 N–H and O–H groups in total. The van der Waals surface area contributed by atoms with Gasteiger partial charge in [0.25, 0.3) is 0 Å². The number of carbonyl (C=O) groups is 1. The molecular weight excluding hydrogens is 382 g/mol. The molecule has 7 nitrogen and oxygen atoms in total. The van der Waals surface area contributed by atoms with Crippen LogP contribution in [-0.2, 0) is 4.74 Å². The van der Waals surface area contributed by atoms with Gasteiger partial charge in [-0.05, 0) is 36.6 Å². The van der Waals surface area contributed by atoms with Crippen LogP contribution in [0.3, 0.4) is 0 Å². The molecule has 0 bridgehead atoms. The lowest BCUT2D eigenvalue weighted by Crippen LogP contribution is -2.13. The van der Waals surface area contributed by atoms with Gasteiger partial charge in [-0.2, -0.15) is 5.11 Å². The van der Waals surface area contributed by atoms with Crippen molar-refractivity contribution in [2.24, 2.45) is 16.1 Å². The van der Waals surface area contributed by atoms with Gasteiger partial charge >= 0.3 is 5.97 Å². The maximum Gasteiger partial charge on any atom is 0.338 e. The Kier molecular flexibility index (Phi) is 9.12. The fourth-order valence-corrected chi connectivity index (χ4v) is 2.93. The highest BCUT2D eigenvalue weighted by molar-refractivity contribution is 5.89. The molecule has 2 aromatic rings.